The SMILES string of the molecule is CN(Cc1cnn(C)c1)C(=O)c1[nH]ncc1[N+](=O)[O-]. The van der Waals surface area contributed by atoms with Crippen LogP contribution >= 0.6 is 0 Å². The van der Waals surface area contributed by atoms with Gasteiger partial charge >= 0.3 is 5.69 Å². The molecule has 2 rings (SSSR count). The summed E-state index contributed by atoms with van der Waals surface area (Å²) >= 11 is 0. The fourth-order valence-electron chi connectivity index (χ4n) is 1.67. The van der Waals surface area contributed by atoms with Crippen molar-refractivity contribution in [3.63, 3.8) is 0 Å². The second-order valence-corrected chi connectivity index (χ2v) is 4.07. The number of nitrogens with zero attached hydrogens (tertiary/aromatic N) is 5. The topological polar surface area (TPSA) is 110 Å². The average Bonchev–Trinajstić information content (AvgIpc) is 2.97. The van der Waals surface area contributed by atoms with Crippen molar-refractivity contribution in [3.05, 3.63) is 40.0 Å². The first-order valence-electron chi connectivity index (χ1n) is 5.39. The van der Waals surface area contributed by atoms with Gasteiger partial charge in [0.25, 0.3) is 5.91 Å². The second kappa shape index (κ2) is 4.88. The zero-order valence-corrected chi connectivity index (χ0v) is 10.4. The molecule has 0 atom stereocenters. The third kappa shape index (κ3) is 2.59. The summed E-state index contributed by atoms with van der Waals surface area (Å²) in [5, 5.41) is 20.6. The monoisotopic (exact) mass is 264 g/mol. The molecule has 1 N–H and O–H groups in total. The van der Waals surface area contributed by atoms with E-state index < -0.39 is 10.8 Å². The van der Waals surface area contributed by atoms with Crippen LogP contribution in [-0.2, 0) is 13.6 Å². The molecule has 0 radical (unpaired) electrons. The quantitative estimate of drug-likeness (QED) is 0.631. The van der Waals surface area contributed by atoms with Gasteiger partial charge in [-0.05, 0) is 0 Å². The highest BCUT2D eigenvalue weighted by Crippen LogP contribution is 2.16. The maximum Gasteiger partial charge on any atom is 0.319 e. The van der Waals surface area contributed by atoms with Crippen LogP contribution in [0.25, 0.3) is 0 Å². The van der Waals surface area contributed by atoms with Crippen molar-refractivity contribution >= 4 is 11.6 Å². The van der Waals surface area contributed by atoms with Gasteiger partial charge in [0.1, 0.15) is 6.20 Å². The van der Waals surface area contributed by atoms with E-state index in [-0.39, 0.29) is 11.4 Å². The molecule has 2 heterocycles. The maximum atomic E-state index is 12.1. The molecular formula is C10H12N6O3. The van der Waals surface area contributed by atoms with E-state index in [0.29, 0.717) is 6.54 Å². The molecule has 1 amide bonds. The zero-order valence-electron chi connectivity index (χ0n) is 10.4. The lowest BCUT2D eigenvalue weighted by Crippen LogP contribution is -2.27. The van der Waals surface area contributed by atoms with Gasteiger partial charge < -0.3 is 4.90 Å². The molecule has 19 heavy (non-hydrogen) atoms. The molecule has 9 heteroatoms. The Morgan fingerprint density at radius 2 is 2.32 bits per heavy atom. The summed E-state index contributed by atoms with van der Waals surface area (Å²) < 4.78 is 1.62. The molecule has 0 unspecified atom stereocenters. The Morgan fingerprint density at radius 1 is 1.58 bits per heavy atom. The van der Waals surface area contributed by atoms with Gasteiger partial charge in [0.2, 0.25) is 5.69 Å². The highest BCUT2D eigenvalue weighted by atomic mass is 16.6. The van der Waals surface area contributed by atoms with Crippen molar-refractivity contribution in [1.29, 1.82) is 0 Å². The molecule has 0 fully saturated rings. The van der Waals surface area contributed by atoms with Crippen LogP contribution in [0.5, 0.6) is 0 Å². The standard InChI is InChI=1S/C10H12N6O3/c1-14(5-7-3-12-15(2)6-7)10(17)9-8(16(18)19)4-11-13-9/h3-4,6H,5H2,1-2H3,(H,11,13). The van der Waals surface area contributed by atoms with E-state index in [1.165, 1.54) is 4.90 Å². The second-order valence-electron chi connectivity index (χ2n) is 4.07. The molecule has 2 aromatic rings. The number of nitrogens with one attached hydrogen (secondary N) is 1. The normalized spacial score (nSPS) is 10.4. The Morgan fingerprint density at radius 3 is 2.89 bits per heavy atom. The van der Waals surface area contributed by atoms with E-state index in [9.17, 15) is 14.9 Å². The third-order valence-electron chi connectivity index (χ3n) is 2.55. The van der Waals surface area contributed by atoms with Crippen LogP contribution in [-0.4, -0.2) is 42.8 Å². The molecule has 0 saturated carbocycles. The number of H-pyrrole nitrogens is 1. The Hall–Kier alpha value is -2.71. The first kappa shape index (κ1) is 12.7. The number of carbonyl (C=O) groups excluding carboxylic acids is 1. The Bertz CT molecular complexity index is 616. The molecule has 2 aromatic heterocycles. The van der Waals surface area contributed by atoms with Crippen molar-refractivity contribution in [2.24, 2.45) is 7.05 Å². The summed E-state index contributed by atoms with van der Waals surface area (Å²) in [5.74, 6) is -0.493. The summed E-state index contributed by atoms with van der Waals surface area (Å²) in [6.07, 6.45) is 4.42. The van der Waals surface area contributed by atoms with E-state index in [0.717, 1.165) is 11.8 Å². The van der Waals surface area contributed by atoms with E-state index in [4.69, 9.17) is 0 Å². The van der Waals surface area contributed by atoms with Gasteiger partial charge in [-0.15, -0.1) is 0 Å². The smallest absolute Gasteiger partial charge is 0.319 e. The van der Waals surface area contributed by atoms with Crippen LogP contribution in [0, 0.1) is 10.1 Å². The average molecular weight is 264 g/mol. The van der Waals surface area contributed by atoms with Gasteiger partial charge in [0.05, 0.1) is 11.1 Å². The molecule has 0 aliphatic heterocycles. The van der Waals surface area contributed by atoms with Crippen LogP contribution in [0.2, 0.25) is 0 Å². The lowest BCUT2D eigenvalue weighted by Gasteiger charge is -2.14. The largest absolute Gasteiger partial charge is 0.336 e. The lowest BCUT2D eigenvalue weighted by molar-refractivity contribution is -0.385. The van der Waals surface area contributed by atoms with Crippen LogP contribution in [0.15, 0.2) is 18.6 Å². The van der Waals surface area contributed by atoms with Crippen molar-refractivity contribution in [2.75, 3.05) is 7.05 Å². The van der Waals surface area contributed by atoms with Crippen LogP contribution in [0.4, 0.5) is 5.69 Å². The molecule has 9 nitrogen and oxygen atoms in total. The van der Waals surface area contributed by atoms with Gasteiger partial charge in [-0.25, -0.2) is 0 Å². The molecule has 0 bridgehead atoms. The fourth-order valence-corrected chi connectivity index (χ4v) is 1.67. The molecular weight excluding hydrogens is 252 g/mol. The summed E-state index contributed by atoms with van der Waals surface area (Å²) in [6.45, 7) is 0.308. The number of hydrogen-bond acceptors (Lipinski definition) is 5. The molecule has 0 aliphatic carbocycles. The van der Waals surface area contributed by atoms with Gasteiger partial charge in [-0.3, -0.25) is 24.7 Å². The minimum absolute atomic E-state index is 0.128. The molecule has 100 valence electrons. The summed E-state index contributed by atoms with van der Waals surface area (Å²) in [4.78, 5) is 23.5. The van der Waals surface area contributed by atoms with Gasteiger partial charge in [0.15, 0.2) is 0 Å². The first-order valence-corrected chi connectivity index (χ1v) is 5.39. The fraction of sp³-hybridized carbons (Fsp3) is 0.300. The Balaban J connectivity index is 2.15. The predicted molar refractivity (Wildman–Crippen MR) is 64.2 cm³/mol. The number of nitro groups is 1. The number of hydrogen-bond donors (Lipinski definition) is 1. The lowest BCUT2D eigenvalue weighted by atomic mass is 10.3. The summed E-state index contributed by atoms with van der Waals surface area (Å²) in [7, 11) is 3.32. The summed E-state index contributed by atoms with van der Waals surface area (Å²) in [6, 6.07) is 0. The number of aromatic amines is 1. The first-order chi connectivity index (χ1) is 8.99. The van der Waals surface area contributed by atoms with E-state index in [1.54, 1.807) is 31.2 Å². The molecule has 0 aromatic carbocycles. The minimum atomic E-state index is -0.644. The summed E-state index contributed by atoms with van der Waals surface area (Å²) in [5.41, 5.74) is 0.375. The van der Waals surface area contributed by atoms with Gasteiger partial charge in [-0.2, -0.15) is 10.2 Å². The highest BCUT2D eigenvalue weighted by Gasteiger charge is 2.25. The highest BCUT2D eigenvalue weighted by molar-refractivity contribution is 5.95. The van der Waals surface area contributed by atoms with Gasteiger partial charge in [0, 0.05) is 32.4 Å². The predicted octanol–water partition coefficient (Wildman–Crippen LogP) is 0.324. The van der Waals surface area contributed by atoms with Crippen molar-refractivity contribution in [2.45, 2.75) is 6.54 Å². The molecule has 0 saturated heterocycles. The zero-order chi connectivity index (χ0) is 14.0. The van der Waals surface area contributed by atoms with Crippen LogP contribution < -0.4 is 0 Å². The van der Waals surface area contributed by atoms with Crippen molar-refractivity contribution in [1.82, 2.24) is 24.9 Å². The van der Waals surface area contributed by atoms with Crippen molar-refractivity contribution < 1.29 is 9.72 Å². The number of amides is 1. The number of aromatic nitrogens is 4. The Kier molecular flexibility index (Phi) is 3.27. The molecule has 0 spiro atoms. The number of rotatable bonds is 4. The minimum Gasteiger partial charge on any atom is -0.336 e. The maximum absolute atomic E-state index is 12.1. The molecule has 0 aliphatic rings. The van der Waals surface area contributed by atoms with Crippen molar-refractivity contribution in [3.8, 4) is 0 Å². The van der Waals surface area contributed by atoms with E-state index in [2.05, 4.69) is 15.3 Å². The number of carbonyl (C=O) groups is 1. The van der Waals surface area contributed by atoms with E-state index in [1.807, 2.05) is 0 Å². The van der Waals surface area contributed by atoms with Crippen LogP contribution in [0.3, 0.4) is 0 Å². The van der Waals surface area contributed by atoms with Gasteiger partial charge in [-0.1, -0.05) is 0 Å². The number of aryl methyl sites for hydroxylation is 1. The Labute approximate surface area is 108 Å². The third-order valence-corrected chi connectivity index (χ3v) is 2.55. The van der Waals surface area contributed by atoms with E-state index >= 15 is 0 Å². The van der Waals surface area contributed by atoms with Crippen LogP contribution in [0.1, 0.15) is 16.1 Å².